The Morgan fingerprint density at radius 2 is 1.95 bits per heavy atom. The minimum Gasteiger partial charge on any atom is -0.381 e. The van der Waals surface area contributed by atoms with E-state index in [9.17, 15) is 9.18 Å². The fraction of sp³-hybridized carbons (Fsp3) is 0.588. The van der Waals surface area contributed by atoms with Gasteiger partial charge >= 0.3 is 0 Å². The van der Waals surface area contributed by atoms with Crippen LogP contribution < -0.4 is 10.2 Å². The number of fused-ring (bicyclic) bond motifs is 2. The highest BCUT2D eigenvalue weighted by molar-refractivity contribution is 6.08. The van der Waals surface area contributed by atoms with Gasteiger partial charge in [-0.2, -0.15) is 0 Å². The normalized spacial score (nSPS) is 24.8. The van der Waals surface area contributed by atoms with Gasteiger partial charge in [-0.15, -0.1) is 0 Å². The van der Waals surface area contributed by atoms with Gasteiger partial charge in [0, 0.05) is 24.9 Å². The number of rotatable bonds is 1. The molecule has 3 heterocycles. The molecular weight excluding hydrogens is 283 g/mol. The fourth-order valence-corrected chi connectivity index (χ4v) is 4.19. The molecule has 1 N–H and O–H groups in total. The molecule has 5 heteroatoms. The van der Waals surface area contributed by atoms with Crippen LogP contribution in [0.1, 0.15) is 31.2 Å². The van der Waals surface area contributed by atoms with E-state index in [0.717, 1.165) is 37.2 Å². The van der Waals surface area contributed by atoms with Gasteiger partial charge in [-0.1, -0.05) is 0 Å². The molecule has 22 heavy (non-hydrogen) atoms. The molecule has 118 valence electrons. The van der Waals surface area contributed by atoms with Crippen molar-refractivity contribution in [1.82, 2.24) is 5.32 Å². The van der Waals surface area contributed by atoms with Crippen molar-refractivity contribution < 1.29 is 13.9 Å². The Balaban J connectivity index is 1.80. The van der Waals surface area contributed by atoms with Crippen molar-refractivity contribution in [2.24, 2.45) is 0 Å². The van der Waals surface area contributed by atoms with Crippen molar-refractivity contribution in [2.45, 2.75) is 37.1 Å². The highest BCUT2D eigenvalue weighted by atomic mass is 19.1. The fourth-order valence-electron chi connectivity index (χ4n) is 4.19. The van der Waals surface area contributed by atoms with E-state index in [4.69, 9.17) is 4.74 Å². The number of carbonyl (C=O) groups is 1. The highest BCUT2D eigenvalue weighted by Gasteiger charge is 2.53. The predicted molar refractivity (Wildman–Crippen MR) is 81.5 cm³/mol. The summed E-state index contributed by atoms with van der Waals surface area (Å²) in [6.45, 7) is 3.01. The molecule has 0 saturated carbocycles. The number of ether oxygens (including phenoxy) is 1. The summed E-state index contributed by atoms with van der Waals surface area (Å²) in [4.78, 5) is 15.2. The molecule has 2 saturated heterocycles. The first-order valence-electron chi connectivity index (χ1n) is 8.14. The van der Waals surface area contributed by atoms with Gasteiger partial charge in [0.25, 0.3) is 0 Å². The Hall–Kier alpha value is -1.46. The maximum absolute atomic E-state index is 13.8. The van der Waals surface area contributed by atoms with Gasteiger partial charge in [-0.25, -0.2) is 4.39 Å². The van der Waals surface area contributed by atoms with E-state index in [1.165, 1.54) is 6.07 Å². The van der Waals surface area contributed by atoms with Crippen LogP contribution in [0.3, 0.4) is 0 Å². The largest absolute Gasteiger partial charge is 0.381 e. The summed E-state index contributed by atoms with van der Waals surface area (Å²) in [7, 11) is 0. The average molecular weight is 304 g/mol. The number of amides is 1. The van der Waals surface area contributed by atoms with E-state index in [0.29, 0.717) is 26.1 Å². The number of hydrogen-bond acceptors (Lipinski definition) is 3. The Kier molecular flexibility index (Phi) is 3.42. The van der Waals surface area contributed by atoms with Crippen LogP contribution in [0.15, 0.2) is 18.2 Å². The molecule has 0 bridgehead atoms. The van der Waals surface area contributed by atoms with Crippen LogP contribution in [0.2, 0.25) is 0 Å². The molecule has 0 aromatic heterocycles. The average Bonchev–Trinajstić information content (AvgIpc) is 2.78. The number of halogens is 1. The smallest absolute Gasteiger partial charge is 0.238 e. The maximum Gasteiger partial charge on any atom is 0.238 e. The molecule has 2 fully saturated rings. The lowest BCUT2D eigenvalue weighted by molar-refractivity contribution is -0.127. The van der Waals surface area contributed by atoms with Crippen LogP contribution in [-0.4, -0.2) is 38.3 Å². The maximum atomic E-state index is 13.8. The van der Waals surface area contributed by atoms with Crippen LogP contribution in [0.4, 0.5) is 10.1 Å². The van der Waals surface area contributed by atoms with Crippen molar-refractivity contribution in [3.8, 4) is 0 Å². The third kappa shape index (κ3) is 1.99. The number of piperidine rings is 1. The first-order chi connectivity index (χ1) is 10.7. The minimum absolute atomic E-state index is 0.156. The van der Waals surface area contributed by atoms with Gasteiger partial charge in [0.05, 0.1) is 5.41 Å². The molecule has 4 rings (SSSR count). The molecule has 1 aromatic rings. The molecule has 1 amide bonds. The standard InChI is InChI=1S/C17H21FN2O2/c18-12-1-2-15-14(11-12)17(5-9-22-10-6-17)16(21)20(15)13-3-7-19-8-4-13/h1-2,11,13,19H,3-10H2. The number of nitrogens with one attached hydrogen (secondary N) is 1. The zero-order valence-electron chi connectivity index (χ0n) is 12.6. The van der Waals surface area contributed by atoms with E-state index in [1.54, 1.807) is 12.1 Å². The summed E-state index contributed by atoms with van der Waals surface area (Å²) in [5, 5.41) is 3.34. The van der Waals surface area contributed by atoms with Gasteiger partial charge < -0.3 is 15.0 Å². The molecule has 3 aliphatic rings. The third-order valence-electron chi connectivity index (χ3n) is 5.38. The van der Waals surface area contributed by atoms with E-state index in [1.807, 2.05) is 4.90 Å². The van der Waals surface area contributed by atoms with Crippen LogP contribution in [0.25, 0.3) is 0 Å². The molecule has 0 atom stereocenters. The van der Waals surface area contributed by atoms with Gasteiger partial charge in [0.2, 0.25) is 5.91 Å². The molecule has 1 aromatic carbocycles. The van der Waals surface area contributed by atoms with Crippen LogP contribution in [0.5, 0.6) is 0 Å². The second-order valence-electron chi connectivity index (χ2n) is 6.51. The highest BCUT2D eigenvalue weighted by Crippen LogP contribution is 2.49. The Labute approximate surface area is 129 Å². The van der Waals surface area contributed by atoms with Crippen LogP contribution >= 0.6 is 0 Å². The molecule has 0 aliphatic carbocycles. The lowest BCUT2D eigenvalue weighted by Gasteiger charge is -2.36. The second-order valence-corrected chi connectivity index (χ2v) is 6.51. The van der Waals surface area contributed by atoms with Crippen molar-refractivity contribution in [3.63, 3.8) is 0 Å². The van der Waals surface area contributed by atoms with Crippen LogP contribution in [-0.2, 0) is 14.9 Å². The quantitative estimate of drug-likeness (QED) is 0.862. The summed E-state index contributed by atoms with van der Waals surface area (Å²) in [5.74, 6) is -0.104. The van der Waals surface area contributed by atoms with E-state index in [-0.39, 0.29) is 17.8 Å². The summed E-state index contributed by atoms with van der Waals surface area (Å²) in [5.41, 5.74) is 1.22. The number of anilines is 1. The van der Waals surface area contributed by atoms with E-state index in [2.05, 4.69) is 5.32 Å². The van der Waals surface area contributed by atoms with Crippen molar-refractivity contribution >= 4 is 11.6 Å². The Morgan fingerprint density at radius 3 is 2.68 bits per heavy atom. The van der Waals surface area contributed by atoms with Crippen LogP contribution in [0, 0.1) is 5.82 Å². The van der Waals surface area contributed by atoms with Crippen molar-refractivity contribution in [3.05, 3.63) is 29.6 Å². The molecule has 3 aliphatic heterocycles. The molecule has 4 nitrogen and oxygen atoms in total. The third-order valence-corrected chi connectivity index (χ3v) is 5.38. The zero-order chi connectivity index (χ0) is 15.2. The summed E-state index contributed by atoms with van der Waals surface area (Å²) >= 11 is 0. The summed E-state index contributed by atoms with van der Waals surface area (Å²) in [6.07, 6.45) is 3.22. The lowest BCUT2D eigenvalue weighted by atomic mass is 9.75. The molecule has 1 spiro atoms. The van der Waals surface area contributed by atoms with Crippen molar-refractivity contribution in [1.29, 1.82) is 0 Å². The van der Waals surface area contributed by atoms with Gasteiger partial charge in [-0.05, 0) is 62.5 Å². The minimum atomic E-state index is -0.569. The summed E-state index contributed by atoms with van der Waals surface area (Å²) in [6, 6.07) is 5.05. The van der Waals surface area contributed by atoms with Gasteiger partial charge in [0.15, 0.2) is 0 Å². The monoisotopic (exact) mass is 304 g/mol. The van der Waals surface area contributed by atoms with E-state index >= 15 is 0 Å². The number of nitrogens with zero attached hydrogens (tertiary/aromatic N) is 1. The number of hydrogen-bond donors (Lipinski definition) is 1. The SMILES string of the molecule is O=C1N(C2CCNCC2)c2ccc(F)cc2C12CCOCC2. The first-order valence-corrected chi connectivity index (χ1v) is 8.14. The predicted octanol–water partition coefficient (Wildman–Crippen LogP) is 1.97. The summed E-state index contributed by atoms with van der Waals surface area (Å²) < 4.78 is 19.3. The first kappa shape index (κ1) is 14.2. The van der Waals surface area contributed by atoms with E-state index < -0.39 is 5.41 Å². The topological polar surface area (TPSA) is 41.6 Å². The second kappa shape index (κ2) is 5.32. The molecular formula is C17H21FN2O2. The molecule has 0 unspecified atom stereocenters. The lowest BCUT2D eigenvalue weighted by Crippen LogP contribution is -2.50. The Bertz CT molecular complexity index is 592. The number of benzene rings is 1. The van der Waals surface area contributed by atoms with Gasteiger partial charge in [0.1, 0.15) is 5.82 Å². The Morgan fingerprint density at radius 1 is 1.23 bits per heavy atom. The number of carbonyl (C=O) groups excluding carboxylic acids is 1. The van der Waals surface area contributed by atoms with Crippen molar-refractivity contribution in [2.75, 3.05) is 31.2 Å². The van der Waals surface area contributed by atoms with Gasteiger partial charge in [-0.3, -0.25) is 4.79 Å². The molecule has 0 radical (unpaired) electrons. The zero-order valence-corrected chi connectivity index (χ0v) is 12.6.